The standard InChI is InChI=1S/C19H16N4O2S.C2H6/c1-10-3-5-12(6-4-10)23-9-22-16-14-15-13(25-11(2)7-20-15)8-21-18(14)26-17(16)19(23)24;1-2/h3-6,8-9,11,20H,7H2,1-2H3;1-2H3/t11-;/m1./s1. The molecule has 0 fully saturated rings. The van der Waals surface area contributed by atoms with E-state index in [1.807, 2.05) is 52.0 Å². The first kappa shape index (κ1) is 18.4. The fourth-order valence-electron chi connectivity index (χ4n) is 3.24. The molecule has 5 rings (SSSR count). The molecule has 7 heteroatoms. The molecule has 0 bridgehead atoms. The van der Waals surface area contributed by atoms with Gasteiger partial charge in [0, 0.05) is 0 Å². The summed E-state index contributed by atoms with van der Waals surface area (Å²) in [6.45, 7) is 8.74. The number of fused-ring (bicyclic) bond motifs is 5. The van der Waals surface area contributed by atoms with E-state index >= 15 is 0 Å². The van der Waals surface area contributed by atoms with E-state index in [0.717, 1.165) is 27.2 Å². The maximum Gasteiger partial charge on any atom is 0.275 e. The van der Waals surface area contributed by atoms with Crippen LogP contribution in [0.3, 0.4) is 0 Å². The summed E-state index contributed by atoms with van der Waals surface area (Å²) in [5, 5.41) is 4.26. The maximum atomic E-state index is 13.1. The van der Waals surface area contributed by atoms with E-state index in [2.05, 4.69) is 15.3 Å². The molecule has 28 heavy (non-hydrogen) atoms. The lowest BCUT2D eigenvalue weighted by molar-refractivity contribution is 0.226. The Morgan fingerprint density at radius 3 is 2.71 bits per heavy atom. The van der Waals surface area contributed by atoms with Crippen molar-refractivity contribution in [3.63, 3.8) is 0 Å². The first-order chi connectivity index (χ1) is 13.6. The molecule has 0 saturated heterocycles. The van der Waals surface area contributed by atoms with Crippen LogP contribution in [0.25, 0.3) is 26.1 Å². The summed E-state index contributed by atoms with van der Waals surface area (Å²) in [7, 11) is 0. The van der Waals surface area contributed by atoms with Crippen LogP contribution in [0.2, 0.25) is 0 Å². The van der Waals surface area contributed by atoms with Crippen molar-refractivity contribution < 1.29 is 4.74 Å². The van der Waals surface area contributed by atoms with Crippen LogP contribution in [-0.4, -0.2) is 27.2 Å². The topological polar surface area (TPSA) is 69.0 Å². The molecule has 0 saturated carbocycles. The average molecular weight is 395 g/mol. The summed E-state index contributed by atoms with van der Waals surface area (Å²) in [5.41, 5.74) is 3.42. The second kappa shape index (κ2) is 7.24. The molecule has 3 aromatic heterocycles. The van der Waals surface area contributed by atoms with Gasteiger partial charge in [0.05, 0.1) is 29.5 Å². The maximum absolute atomic E-state index is 13.1. The van der Waals surface area contributed by atoms with E-state index in [1.54, 1.807) is 17.1 Å². The summed E-state index contributed by atoms with van der Waals surface area (Å²) in [4.78, 5) is 22.9. The smallest absolute Gasteiger partial charge is 0.275 e. The zero-order valence-corrected chi connectivity index (χ0v) is 17.1. The predicted molar refractivity (Wildman–Crippen MR) is 115 cm³/mol. The number of thiophene rings is 1. The van der Waals surface area contributed by atoms with Crippen LogP contribution >= 0.6 is 11.3 Å². The van der Waals surface area contributed by atoms with E-state index in [1.165, 1.54) is 11.3 Å². The Balaban J connectivity index is 0.000000932. The molecule has 0 spiro atoms. The second-order valence-corrected chi connectivity index (χ2v) is 7.52. The predicted octanol–water partition coefficient (Wildman–Crippen LogP) is 4.52. The number of nitrogens with one attached hydrogen (secondary N) is 1. The van der Waals surface area contributed by atoms with E-state index in [9.17, 15) is 4.79 Å². The first-order valence-corrected chi connectivity index (χ1v) is 10.2. The minimum atomic E-state index is -0.0827. The van der Waals surface area contributed by atoms with Gasteiger partial charge >= 0.3 is 0 Å². The molecule has 0 unspecified atom stereocenters. The Labute approximate surface area is 166 Å². The van der Waals surface area contributed by atoms with Crippen LogP contribution in [0.5, 0.6) is 5.75 Å². The molecular weight excluding hydrogens is 372 g/mol. The molecule has 4 heterocycles. The number of rotatable bonds is 1. The largest absolute Gasteiger partial charge is 0.485 e. The van der Waals surface area contributed by atoms with E-state index in [0.29, 0.717) is 22.5 Å². The van der Waals surface area contributed by atoms with Crippen molar-refractivity contribution in [2.45, 2.75) is 33.8 Å². The highest BCUT2D eigenvalue weighted by molar-refractivity contribution is 7.25. The Morgan fingerprint density at radius 1 is 1.21 bits per heavy atom. The van der Waals surface area contributed by atoms with Gasteiger partial charge < -0.3 is 10.1 Å². The number of aromatic nitrogens is 3. The average Bonchev–Trinajstić information content (AvgIpc) is 3.10. The Morgan fingerprint density at radius 2 is 1.96 bits per heavy atom. The monoisotopic (exact) mass is 394 g/mol. The van der Waals surface area contributed by atoms with Gasteiger partial charge in [0.25, 0.3) is 5.56 Å². The van der Waals surface area contributed by atoms with Crippen LogP contribution in [0.15, 0.2) is 41.6 Å². The van der Waals surface area contributed by atoms with Gasteiger partial charge in [-0.1, -0.05) is 31.5 Å². The zero-order valence-electron chi connectivity index (χ0n) is 16.3. The third kappa shape index (κ3) is 2.92. The van der Waals surface area contributed by atoms with E-state index in [-0.39, 0.29) is 11.7 Å². The fraction of sp³-hybridized carbons (Fsp3) is 0.286. The number of nitrogens with zero attached hydrogens (tertiary/aromatic N) is 3. The van der Waals surface area contributed by atoms with Gasteiger partial charge in [0.15, 0.2) is 5.75 Å². The van der Waals surface area contributed by atoms with Crippen LogP contribution < -0.4 is 15.6 Å². The molecule has 1 aliphatic heterocycles. The van der Waals surface area contributed by atoms with E-state index in [4.69, 9.17) is 4.74 Å². The summed E-state index contributed by atoms with van der Waals surface area (Å²) < 4.78 is 8.04. The van der Waals surface area contributed by atoms with Crippen LogP contribution in [0.1, 0.15) is 26.3 Å². The van der Waals surface area contributed by atoms with Crippen LogP contribution in [-0.2, 0) is 0 Å². The highest BCUT2D eigenvalue weighted by Crippen LogP contribution is 2.41. The molecule has 144 valence electrons. The van der Waals surface area contributed by atoms with Gasteiger partial charge in [-0.25, -0.2) is 9.97 Å². The Hall–Kier alpha value is -2.93. The molecule has 0 radical (unpaired) electrons. The van der Waals surface area contributed by atoms with Crippen molar-refractivity contribution >= 4 is 37.5 Å². The summed E-state index contributed by atoms with van der Waals surface area (Å²) >= 11 is 1.37. The molecule has 0 aliphatic carbocycles. The van der Waals surface area contributed by atoms with Crippen LogP contribution in [0.4, 0.5) is 5.69 Å². The van der Waals surface area contributed by atoms with E-state index < -0.39 is 0 Å². The molecular formula is C21H22N4O2S. The zero-order chi connectivity index (χ0) is 19.8. The SMILES string of the molecule is CC.Cc1ccc(-n2cnc3c(sc4ncc5c(c43)NC[C@@H](C)O5)c2=O)cc1. The first-order valence-electron chi connectivity index (χ1n) is 9.42. The minimum absolute atomic E-state index is 0.0818. The summed E-state index contributed by atoms with van der Waals surface area (Å²) in [5.74, 6) is 0.709. The second-order valence-electron chi connectivity index (χ2n) is 6.52. The van der Waals surface area contributed by atoms with Crippen molar-refractivity contribution in [1.29, 1.82) is 0 Å². The number of anilines is 1. The van der Waals surface area contributed by atoms with Gasteiger partial charge in [0.2, 0.25) is 0 Å². The number of hydrogen-bond acceptors (Lipinski definition) is 6. The molecule has 4 aromatic rings. The number of hydrogen-bond donors (Lipinski definition) is 1. The summed E-state index contributed by atoms with van der Waals surface area (Å²) in [6, 6.07) is 7.82. The molecule has 1 N–H and O–H groups in total. The van der Waals surface area contributed by atoms with Gasteiger partial charge in [-0.3, -0.25) is 9.36 Å². The number of ether oxygens (including phenoxy) is 1. The molecule has 1 aliphatic rings. The quantitative estimate of drug-likeness (QED) is 0.514. The molecule has 0 amide bonds. The van der Waals surface area contributed by atoms with Crippen molar-refractivity contribution in [2.24, 2.45) is 0 Å². The highest BCUT2D eigenvalue weighted by atomic mass is 32.1. The third-order valence-corrected chi connectivity index (χ3v) is 5.66. The van der Waals surface area contributed by atoms with Gasteiger partial charge in [-0.2, -0.15) is 0 Å². The molecule has 1 atom stereocenters. The normalized spacial score (nSPS) is 15.4. The molecule has 6 nitrogen and oxygen atoms in total. The lowest BCUT2D eigenvalue weighted by Gasteiger charge is -2.24. The lowest BCUT2D eigenvalue weighted by atomic mass is 10.2. The van der Waals surface area contributed by atoms with Gasteiger partial charge in [-0.05, 0) is 26.0 Å². The summed E-state index contributed by atoms with van der Waals surface area (Å²) in [6.07, 6.45) is 3.39. The Kier molecular flexibility index (Phi) is 4.77. The van der Waals surface area contributed by atoms with Gasteiger partial charge in [0.1, 0.15) is 27.5 Å². The highest BCUT2D eigenvalue weighted by Gasteiger charge is 2.23. The van der Waals surface area contributed by atoms with Crippen molar-refractivity contribution in [3.05, 3.63) is 52.7 Å². The van der Waals surface area contributed by atoms with Gasteiger partial charge in [-0.15, -0.1) is 11.3 Å². The number of aryl methyl sites for hydroxylation is 1. The molecule has 1 aromatic carbocycles. The number of benzene rings is 1. The Bertz CT molecular complexity index is 1210. The minimum Gasteiger partial charge on any atom is -0.485 e. The third-order valence-electron chi connectivity index (χ3n) is 4.58. The fourth-order valence-corrected chi connectivity index (χ4v) is 4.27. The van der Waals surface area contributed by atoms with Crippen LogP contribution in [0, 0.1) is 6.92 Å². The van der Waals surface area contributed by atoms with Crippen molar-refractivity contribution in [1.82, 2.24) is 14.5 Å². The van der Waals surface area contributed by atoms with Crippen molar-refractivity contribution in [2.75, 3.05) is 11.9 Å². The lowest BCUT2D eigenvalue weighted by Crippen LogP contribution is -2.27. The number of pyridine rings is 1. The van der Waals surface area contributed by atoms with Crippen molar-refractivity contribution in [3.8, 4) is 11.4 Å².